The minimum Gasteiger partial charge on any atom is -0.468 e. The monoisotopic (exact) mass is 462 g/mol. The van der Waals surface area contributed by atoms with Gasteiger partial charge in [0.15, 0.2) is 0 Å². The Labute approximate surface area is 176 Å². The summed E-state index contributed by atoms with van der Waals surface area (Å²) in [5, 5.41) is 4.84. The Morgan fingerprint density at radius 2 is 2.00 bits per heavy atom. The zero-order valence-corrected chi connectivity index (χ0v) is 17.7. The summed E-state index contributed by atoms with van der Waals surface area (Å²) in [5.74, 6) is -1.02. The van der Waals surface area contributed by atoms with Gasteiger partial charge in [0.1, 0.15) is 6.04 Å². The van der Waals surface area contributed by atoms with Crippen LogP contribution in [0.3, 0.4) is 0 Å². The van der Waals surface area contributed by atoms with Gasteiger partial charge in [0.05, 0.1) is 26.9 Å². The lowest BCUT2D eigenvalue weighted by Gasteiger charge is -2.22. The predicted octanol–water partition coefficient (Wildman–Crippen LogP) is 2.79. The Kier molecular flexibility index (Phi) is 6.31. The van der Waals surface area contributed by atoms with Gasteiger partial charge in [-0.2, -0.15) is 4.31 Å². The molecule has 1 aliphatic rings. The molecule has 0 spiro atoms. The van der Waals surface area contributed by atoms with Crippen LogP contribution in [0.25, 0.3) is 0 Å². The van der Waals surface area contributed by atoms with Gasteiger partial charge in [-0.3, -0.25) is 9.59 Å². The molecular formula is C17H16Cl2N2O5S2. The number of carbonyl (C=O) groups excluding carboxylic acids is 2. The summed E-state index contributed by atoms with van der Waals surface area (Å²) in [6.45, 7) is -0.0700. The minimum absolute atomic E-state index is 0.0700. The van der Waals surface area contributed by atoms with Gasteiger partial charge in [-0.25, -0.2) is 8.42 Å². The van der Waals surface area contributed by atoms with Crippen molar-refractivity contribution in [1.29, 1.82) is 0 Å². The lowest BCUT2D eigenvalue weighted by molar-refractivity contribution is -0.144. The van der Waals surface area contributed by atoms with Crippen molar-refractivity contribution in [3.8, 4) is 0 Å². The highest BCUT2D eigenvalue weighted by molar-refractivity contribution is 7.89. The molecule has 1 fully saturated rings. The van der Waals surface area contributed by atoms with E-state index in [-0.39, 0.29) is 33.8 Å². The Morgan fingerprint density at radius 3 is 2.61 bits per heavy atom. The number of carbonyl (C=O) groups is 2. The van der Waals surface area contributed by atoms with Crippen LogP contribution in [0.4, 0.5) is 0 Å². The van der Waals surface area contributed by atoms with Crippen LogP contribution in [0.5, 0.6) is 0 Å². The fourth-order valence-corrected chi connectivity index (χ4v) is 5.61. The van der Waals surface area contributed by atoms with Gasteiger partial charge in [0, 0.05) is 12.6 Å². The molecule has 1 aromatic carbocycles. The number of methoxy groups -OCH3 is 1. The van der Waals surface area contributed by atoms with E-state index in [9.17, 15) is 18.0 Å². The van der Waals surface area contributed by atoms with Gasteiger partial charge in [-0.05, 0) is 36.1 Å². The molecule has 2 aromatic rings. The molecule has 0 radical (unpaired) electrons. The first-order valence-corrected chi connectivity index (χ1v) is 11.2. The summed E-state index contributed by atoms with van der Waals surface area (Å²) in [4.78, 5) is 24.9. The van der Waals surface area contributed by atoms with Crippen molar-refractivity contribution >= 4 is 56.4 Å². The third kappa shape index (κ3) is 4.18. The second-order valence-electron chi connectivity index (χ2n) is 6.07. The first kappa shape index (κ1) is 21.1. The van der Waals surface area contributed by atoms with Gasteiger partial charge < -0.3 is 10.1 Å². The van der Waals surface area contributed by atoms with Crippen LogP contribution in [0, 0.1) is 0 Å². The lowest BCUT2D eigenvalue weighted by Crippen LogP contribution is -2.41. The van der Waals surface area contributed by atoms with E-state index in [1.54, 1.807) is 17.5 Å². The highest BCUT2D eigenvalue weighted by atomic mass is 35.5. The lowest BCUT2D eigenvalue weighted by atomic mass is 10.1. The number of hydrogen-bond donors (Lipinski definition) is 1. The number of thiophene rings is 1. The van der Waals surface area contributed by atoms with Crippen molar-refractivity contribution < 1.29 is 22.7 Å². The number of halogens is 2. The summed E-state index contributed by atoms with van der Waals surface area (Å²) >= 11 is 13.1. The summed E-state index contributed by atoms with van der Waals surface area (Å²) in [7, 11) is -2.88. The van der Waals surface area contributed by atoms with E-state index in [4.69, 9.17) is 27.9 Å². The number of rotatable bonds is 5. The summed E-state index contributed by atoms with van der Waals surface area (Å²) < 4.78 is 32.0. The highest BCUT2D eigenvalue weighted by Gasteiger charge is 2.45. The average Bonchev–Trinajstić information content (AvgIpc) is 3.33. The molecule has 0 aliphatic carbocycles. The Morgan fingerprint density at radius 1 is 1.25 bits per heavy atom. The SMILES string of the molecule is COC(=O)[C@H]1C[C@@H](NC(=O)c2cccs2)CN1S(=O)(=O)c1ccc(Cl)c(Cl)c1. The molecule has 7 nitrogen and oxygen atoms in total. The Balaban J connectivity index is 1.87. The molecule has 28 heavy (non-hydrogen) atoms. The fraction of sp³-hybridized carbons (Fsp3) is 0.294. The van der Waals surface area contributed by atoms with E-state index in [0.29, 0.717) is 4.88 Å². The molecule has 0 bridgehead atoms. The quantitative estimate of drug-likeness (QED) is 0.689. The minimum atomic E-state index is -4.06. The van der Waals surface area contributed by atoms with Gasteiger partial charge in [-0.15, -0.1) is 11.3 Å². The predicted molar refractivity (Wildman–Crippen MR) is 106 cm³/mol. The van der Waals surface area contributed by atoms with Crippen LogP contribution < -0.4 is 5.32 Å². The first-order valence-electron chi connectivity index (χ1n) is 8.13. The van der Waals surface area contributed by atoms with Crippen molar-refractivity contribution in [1.82, 2.24) is 9.62 Å². The zero-order valence-electron chi connectivity index (χ0n) is 14.6. The number of benzene rings is 1. The van der Waals surface area contributed by atoms with Crippen LogP contribution in [0.1, 0.15) is 16.1 Å². The van der Waals surface area contributed by atoms with Crippen molar-refractivity contribution in [2.24, 2.45) is 0 Å². The van der Waals surface area contributed by atoms with E-state index in [2.05, 4.69) is 5.32 Å². The topological polar surface area (TPSA) is 92.8 Å². The molecule has 3 rings (SSSR count). The summed E-state index contributed by atoms with van der Waals surface area (Å²) in [5.41, 5.74) is 0. The molecule has 1 aromatic heterocycles. The van der Waals surface area contributed by atoms with E-state index < -0.39 is 28.1 Å². The Bertz CT molecular complexity index is 995. The van der Waals surface area contributed by atoms with Crippen molar-refractivity contribution in [3.05, 3.63) is 50.6 Å². The number of nitrogens with zero attached hydrogens (tertiary/aromatic N) is 1. The maximum atomic E-state index is 13.1. The van der Waals surface area contributed by atoms with Crippen molar-refractivity contribution in [2.75, 3.05) is 13.7 Å². The number of esters is 1. The van der Waals surface area contributed by atoms with E-state index in [0.717, 1.165) is 4.31 Å². The van der Waals surface area contributed by atoms with Crippen LogP contribution in [0.15, 0.2) is 40.6 Å². The van der Waals surface area contributed by atoms with Crippen molar-refractivity contribution in [2.45, 2.75) is 23.4 Å². The molecule has 1 aliphatic heterocycles. The largest absolute Gasteiger partial charge is 0.468 e. The molecular weight excluding hydrogens is 447 g/mol. The first-order chi connectivity index (χ1) is 13.2. The molecule has 0 unspecified atom stereocenters. The smallest absolute Gasteiger partial charge is 0.324 e. The molecule has 0 saturated carbocycles. The van der Waals surface area contributed by atoms with Crippen LogP contribution in [0.2, 0.25) is 10.0 Å². The maximum Gasteiger partial charge on any atom is 0.324 e. The second kappa shape index (κ2) is 8.38. The normalized spacial score (nSPS) is 20.1. The van der Waals surface area contributed by atoms with Gasteiger partial charge >= 0.3 is 5.97 Å². The second-order valence-corrected chi connectivity index (χ2v) is 9.73. The maximum absolute atomic E-state index is 13.1. The summed E-state index contributed by atoms with van der Waals surface area (Å²) in [6.07, 6.45) is 0.102. The molecule has 2 heterocycles. The van der Waals surface area contributed by atoms with Crippen molar-refractivity contribution in [3.63, 3.8) is 0 Å². The molecule has 1 saturated heterocycles. The van der Waals surface area contributed by atoms with Crippen LogP contribution in [-0.4, -0.2) is 50.3 Å². The molecule has 150 valence electrons. The third-order valence-corrected chi connectivity index (χ3v) is 7.79. The molecule has 11 heteroatoms. The number of sulfonamides is 1. The number of ether oxygens (including phenoxy) is 1. The standard InChI is InChI=1S/C17H16Cl2N2O5S2/c1-26-17(23)14-7-10(20-16(22)15-3-2-6-27-15)9-21(14)28(24,25)11-4-5-12(18)13(19)8-11/h2-6,8,10,14H,7,9H2,1H3,(H,20,22)/t10-,14-/m1/s1. The number of amides is 1. The Hall–Kier alpha value is -1.65. The van der Waals surface area contributed by atoms with Gasteiger partial charge in [-0.1, -0.05) is 29.3 Å². The van der Waals surface area contributed by atoms with Gasteiger partial charge in [0.25, 0.3) is 5.91 Å². The number of nitrogens with one attached hydrogen (secondary N) is 1. The molecule has 1 amide bonds. The number of hydrogen-bond acceptors (Lipinski definition) is 6. The van der Waals surface area contributed by atoms with Crippen LogP contribution >= 0.6 is 34.5 Å². The van der Waals surface area contributed by atoms with E-state index in [1.807, 2.05) is 0 Å². The van der Waals surface area contributed by atoms with E-state index >= 15 is 0 Å². The van der Waals surface area contributed by atoms with E-state index in [1.165, 1.54) is 36.6 Å². The fourth-order valence-electron chi connectivity index (χ4n) is 2.96. The zero-order chi connectivity index (χ0) is 20.5. The molecule has 1 N–H and O–H groups in total. The average molecular weight is 463 g/mol. The molecule has 2 atom stereocenters. The third-order valence-electron chi connectivity index (χ3n) is 4.31. The van der Waals surface area contributed by atoms with Crippen LogP contribution in [-0.2, 0) is 19.6 Å². The highest BCUT2D eigenvalue weighted by Crippen LogP contribution is 2.31. The summed E-state index contributed by atoms with van der Waals surface area (Å²) in [6, 6.07) is 5.72. The van der Waals surface area contributed by atoms with Gasteiger partial charge in [0.2, 0.25) is 10.0 Å².